The number of aryl methyl sites for hydroxylation is 1. The number of para-hydroxylation sites is 1. The Kier molecular flexibility index (Phi) is 4.89. The topological polar surface area (TPSA) is 48.0 Å². The Hall–Kier alpha value is -3.47. The lowest BCUT2D eigenvalue weighted by Crippen LogP contribution is -2.30. The van der Waals surface area contributed by atoms with Crippen LogP contribution in [0.2, 0.25) is 0 Å². The molecule has 3 aromatic rings. The number of methoxy groups -OCH3 is 3. The highest BCUT2D eigenvalue weighted by atomic mass is 16.5. The standard InChI is InChI=1S/C24H23NO4/c1-15-9-10-20-17(11-15)12-16-7-5-6-8-19(16)25(20)24(26)18-13-21(27-2)23(29-4)22(14-18)28-3/h5-11,13-14H,12H2,1-4H3. The SMILES string of the molecule is COc1cc(C(=O)N2c3ccccc3Cc3cc(C)ccc32)cc(OC)c1OC. The quantitative estimate of drug-likeness (QED) is 0.637. The highest BCUT2D eigenvalue weighted by Crippen LogP contribution is 2.42. The first-order valence-electron chi connectivity index (χ1n) is 9.39. The van der Waals surface area contributed by atoms with Crippen LogP contribution in [0.15, 0.2) is 54.6 Å². The van der Waals surface area contributed by atoms with Gasteiger partial charge in [0.25, 0.3) is 5.91 Å². The molecule has 5 nitrogen and oxygen atoms in total. The zero-order valence-corrected chi connectivity index (χ0v) is 17.0. The molecular formula is C24H23NO4. The van der Waals surface area contributed by atoms with Crippen molar-refractivity contribution in [3.05, 3.63) is 76.9 Å². The van der Waals surface area contributed by atoms with Gasteiger partial charge in [0.1, 0.15) is 0 Å². The van der Waals surface area contributed by atoms with Gasteiger partial charge in [-0.1, -0.05) is 35.9 Å². The summed E-state index contributed by atoms with van der Waals surface area (Å²) < 4.78 is 16.3. The number of fused-ring (bicyclic) bond motifs is 2. The molecule has 1 aliphatic rings. The summed E-state index contributed by atoms with van der Waals surface area (Å²) in [5, 5.41) is 0. The van der Waals surface area contributed by atoms with Crippen LogP contribution < -0.4 is 19.1 Å². The van der Waals surface area contributed by atoms with E-state index in [1.54, 1.807) is 38.4 Å². The Labute approximate surface area is 170 Å². The number of amides is 1. The van der Waals surface area contributed by atoms with Gasteiger partial charge >= 0.3 is 0 Å². The maximum atomic E-state index is 13.7. The Morgan fingerprint density at radius 2 is 1.48 bits per heavy atom. The van der Waals surface area contributed by atoms with Gasteiger partial charge in [-0.15, -0.1) is 0 Å². The van der Waals surface area contributed by atoms with Gasteiger partial charge in [0.2, 0.25) is 5.75 Å². The lowest BCUT2D eigenvalue weighted by molar-refractivity contribution is 0.0997. The zero-order valence-electron chi connectivity index (χ0n) is 17.0. The number of ether oxygens (including phenoxy) is 3. The number of carbonyl (C=O) groups is 1. The molecule has 0 radical (unpaired) electrons. The van der Waals surface area contributed by atoms with Gasteiger partial charge in [-0.2, -0.15) is 0 Å². The molecule has 4 rings (SSSR count). The first kappa shape index (κ1) is 18.9. The van der Waals surface area contributed by atoms with E-state index in [0.29, 0.717) is 22.8 Å². The predicted octanol–water partition coefficient (Wildman–Crippen LogP) is 4.90. The molecular weight excluding hydrogens is 366 g/mol. The van der Waals surface area contributed by atoms with E-state index in [1.807, 2.05) is 30.3 Å². The molecule has 148 valence electrons. The first-order chi connectivity index (χ1) is 14.1. The number of benzene rings is 3. The molecule has 0 fully saturated rings. The van der Waals surface area contributed by atoms with Crippen LogP contribution in [0.25, 0.3) is 0 Å². The van der Waals surface area contributed by atoms with Crippen molar-refractivity contribution in [2.75, 3.05) is 26.2 Å². The molecule has 0 N–H and O–H groups in total. The summed E-state index contributed by atoms with van der Waals surface area (Å²) in [5.74, 6) is 1.21. The van der Waals surface area contributed by atoms with Crippen LogP contribution in [0.4, 0.5) is 11.4 Å². The summed E-state index contributed by atoms with van der Waals surface area (Å²) in [6, 6.07) is 17.6. The van der Waals surface area contributed by atoms with Crippen LogP contribution in [-0.2, 0) is 6.42 Å². The van der Waals surface area contributed by atoms with Crippen LogP contribution in [0, 0.1) is 6.92 Å². The van der Waals surface area contributed by atoms with Crippen molar-refractivity contribution >= 4 is 17.3 Å². The van der Waals surface area contributed by atoms with Crippen LogP contribution in [0.5, 0.6) is 17.2 Å². The molecule has 1 aliphatic heterocycles. The van der Waals surface area contributed by atoms with Crippen LogP contribution >= 0.6 is 0 Å². The minimum atomic E-state index is -0.151. The minimum absolute atomic E-state index is 0.151. The summed E-state index contributed by atoms with van der Waals surface area (Å²) in [6.45, 7) is 2.06. The summed E-state index contributed by atoms with van der Waals surface area (Å²) in [5.41, 5.74) is 5.66. The van der Waals surface area contributed by atoms with Crippen molar-refractivity contribution in [1.29, 1.82) is 0 Å². The van der Waals surface area contributed by atoms with Crippen molar-refractivity contribution in [2.45, 2.75) is 13.3 Å². The monoisotopic (exact) mass is 389 g/mol. The average molecular weight is 389 g/mol. The van der Waals surface area contributed by atoms with Gasteiger partial charge in [-0.25, -0.2) is 0 Å². The minimum Gasteiger partial charge on any atom is -0.493 e. The summed E-state index contributed by atoms with van der Waals surface area (Å²) in [4.78, 5) is 15.5. The van der Waals surface area contributed by atoms with E-state index in [1.165, 1.54) is 5.56 Å². The van der Waals surface area contributed by atoms with Crippen molar-refractivity contribution < 1.29 is 19.0 Å². The fourth-order valence-electron chi connectivity index (χ4n) is 3.84. The Morgan fingerprint density at radius 3 is 2.14 bits per heavy atom. The van der Waals surface area contributed by atoms with Gasteiger partial charge in [0, 0.05) is 12.0 Å². The number of rotatable bonds is 4. The van der Waals surface area contributed by atoms with Gasteiger partial charge in [-0.05, 0) is 42.3 Å². The van der Waals surface area contributed by atoms with Crippen LogP contribution in [-0.4, -0.2) is 27.2 Å². The predicted molar refractivity (Wildman–Crippen MR) is 113 cm³/mol. The lowest BCUT2D eigenvalue weighted by atomic mass is 9.93. The van der Waals surface area contributed by atoms with E-state index in [9.17, 15) is 4.79 Å². The third-order valence-corrected chi connectivity index (χ3v) is 5.20. The first-order valence-corrected chi connectivity index (χ1v) is 9.39. The summed E-state index contributed by atoms with van der Waals surface area (Å²) in [6.07, 6.45) is 0.798. The molecule has 1 amide bonds. The maximum absolute atomic E-state index is 13.7. The summed E-state index contributed by atoms with van der Waals surface area (Å²) in [7, 11) is 4.63. The van der Waals surface area contributed by atoms with E-state index in [4.69, 9.17) is 14.2 Å². The Bertz CT molecular complexity index is 1060. The average Bonchev–Trinajstić information content (AvgIpc) is 2.75. The molecule has 0 bridgehead atoms. The van der Waals surface area contributed by atoms with E-state index in [0.717, 1.165) is 28.9 Å². The van der Waals surface area contributed by atoms with Gasteiger partial charge in [0.15, 0.2) is 11.5 Å². The van der Waals surface area contributed by atoms with Crippen LogP contribution in [0.3, 0.4) is 0 Å². The number of anilines is 2. The molecule has 0 saturated carbocycles. The van der Waals surface area contributed by atoms with Crippen molar-refractivity contribution in [1.82, 2.24) is 0 Å². The second kappa shape index (κ2) is 7.51. The molecule has 0 aromatic heterocycles. The smallest absolute Gasteiger partial charge is 0.263 e. The van der Waals surface area contributed by atoms with Gasteiger partial charge in [-0.3, -0.25) is 9.69 Å². The van der Waals surface area contributed by atoms with Crippen LogP contribution in [0.1, 0.15) is 27.0 Å². The number of nitrogens with zero attached hydrogens (tertiary/aromatic N) is 1. The third kappa shape index (κ3) is 3.18. The maximum Gasteiger partial charge on any atom is 0.263 e. The fourth-order valence-corrected chi connectivity index (χ4v) is 3.84. The fraction of sp³-hybridized carbons (Fsp3) is 0.208. The molecule has 1 heterocycles. The molecule has 0 unspecified atom stereocenters. The molecule has 29 heavy (non-hydrogen) atoms. The van der Waals surface area contributed by atoms with Crippen molar-refractivity contribution in [3.63, 3.8) is 0 Å². The number of hydrogen-bond donors (Lipinski definition) is 0. The Balaban J connectivity index is 1.88. The molecule has 0 spiro atoms. The third-order valence-electron chi connectivity index (χ3n) is 5.20. The van der Waals surface area contributed by atoms with Gasteiger partial charge < -0.3 is 14.2 Å². The Morgan fingerprint density at radius 1 is 0.828 bits per heavy atom. The van der Waals surface area contributed by atoms with Crippen molar-refractivity contribution in [2.24, 2.45) is 0 Å². The summed E-state index contributed by atoms with van der Waals surface area (Å²) >= 11 is 0. The molecule has 5 heteroatoms. The number of carbonyl (C=O) groups excluding carboxylic acids is 1. The van der Waals surface area contributed by atoms with E-state index in [-0.39, 0.29) is 5.91 Å². The molecule has 0 aliphatic carbocycles. The largest absolute Gasteiger partial charge is 0.493 e. The van der Waals surface area contributed by atoms with Crippen molar-refractivity contribution in [3.8, 4) is 17.2 Å². The molecule has 0 atom stereocenters. The second-order valence-electron chi connectivity index (χ2n) is 6.99. The highest BCUT2D eigenvalue weighted by Gasteiger charge is 2.29. The van der Waals surface area contributed by atoms with E-state index >= 15 is 0 Å². The molecule has 0 saturated heterocycles. The lowest BCUT2D eigenvalue weighted by Gasteiger charge is -2.32. The second-order valence-corrected chi connectivity index (χ2v) is 6.99. The van der Waals surface area contributed by atoms with E-state index < -0.39 is 0 Å². The van der Waals surface area contributed by atoms with Gasteiger partial charge in [0.05, 0.1) is 32.7 Å². The normalized spacial score (nSPS) is 12.1. The number of hydrogen-bond acceptors (Lipinski definition) is 4. The highest BCUT2D eigenvalue weighted by molar-refractivity contribution is 6.13. The van der Waals surface area contributed by atoms with E-state index in [2.05, 4.69) is 19.1 Å². The zero-order chi connectivity index (χ0) is 20.5. The molecule has 3 aromatic carbocycles.